The van der Waals surface area contributed by atoms with Crippen LogP contribution >= 0.6 is 0 Å². The van der Waals surface area contributed by atoms with Crippen molar-refractivity contribution in [2.24, 2.45) is 11.3 Å². The standard InChI is InChI=1S/C26H27N3O2/c30-24(28-14-10-22-7-3-4-13-27-22)23-18-26(23)11-15-29(16-12-26)25(31)21-9-8-19-5-1-2-6-20(19)17-21/h1-9,13,17,23H,10-12,14-16,18H2,(H,28,30). The number of benzene rings is 2. The average molecular weight is 414 g/mol. The van der Waals surface area contributed by atoms with Gasteiger partial charge < -0.3 is 10.2 Å². The summed E-state index contributed by atoms with van der Waals surface area (Å²) in [5, 5.41) is 5.32. The fraction of sp³-hybridized carbons (Fsp3) is 0.346. The van der Waals surface area contributed by atoms with Crippen LogP contribution < -0.4 is 5.32 Å². The second kappa shape index (κ2) is 8.14. The molecule has 0 bridgehead atoms. The van der Waals surface area contributed by atoms with E-state index in [1.807, 2.05) is 59.5 Å². The molecule has 1 spiro atoms. The van der Waals surface area contributed by atoms with Crippen LogP contribution in [0.1, 0.15) is 35.3 Å². The average Bonchev–Trinajstić information content (AvgIpc) is 3.52. The lowest BCUT2D eigenvalue weighted by atomic mass is 9.90. The summed E-state index contributed by atoms with van der Waals surface area (Å²) < 4.78 is 0. The van der Waals surface area contributed by atoms with Gasteiger partial charge in [0, 0.05) is 49.4 Å². The van der Waals surface area contributed by atoms with Gasteiger partial charge in [0.25, 0.3) is 5.91 Å². The summed E-state index contributed by atoms with van der Waals surface area (Å²) in [4.78, 5) is 31.9. The molecular weight excluding hydrogens is 386 g/mol. The van der Waals surface area contributed by atoms with Crippen molar-refractivity contribution in [3.8, 4) is 0 Å². The first-order chi connectivity index (χ1) is 15.1. The van der Waals surface area contributed by atoms with E-state index in [2.05, 4.69) is 16.4 Å². The van der Waals surface area contributed by atoms with E-state index in [9.17, 15) is 9.59 Å². The molecule has 2 aliphatic rings. The summed E-state index contributed by atoms with van der Waals surface area (Å²) in [6.07, 6.45) is 5.29. The Bertz CT molecular complexity index is 1100. The third-order valence-corrected chi connectivity index (χ3v) is 6.96. The van der Waals surface area contributed by atoms with Crippen LogP contribution in [0.25, 0.3) is 10.8 Å². The number of hydrogen-bond acceptors (Lipinski definition) is 3. The third kappa shape index (κ3) is 4.05. The van der Waals surface area contributed by atoms with Gasteiger partial charge in [-0.15, -0.1) is 0 Å². The molecule has 1 N–H and O–H groups in total. The maximum atomic E-state index is 13.0. The monoisotopic (exact) mass is 413 g/mol. The van der Waals surface area contributed by atoms with Crippen molar-refractivity contribution in [1.29, 1.82) is 0 Å². The van der Waals surface area contributed by atoms with Crippen LogP contribution in [0.3, 0.4) is 0 Å². The molecule has 2 amide bonds. The Labute approximate surface area is 182 Å². The Hall–Kier alpha value is -3.21. The number of carbonyl (C=O) groups excluding carboxylic acids is 2. The molecule has 31 heavy (non-hydrogen) atoms. The smallest absolute Gasteiger partial charge is 0.253 e. The maximum absolute atomic E-state index is 13.0. The quantitative estimate of drug-likeness (QED) is 0.691. The number of hydrogen-bond donors (Lipinski definition) is 1. The number of pyridine rings is 1. The van der Waals surface area contributed by atoms with E-state index < -0.39 is 0 Å². The minimum absolute atomic E-state index is 0.0918. The zero-order chi connectivity index (χ0) is 21.3. The number of piperidine rings is 1. The number of nitrogens with zero attached hydrogens (tertiary/aromatic N) is 2. The molecule has 2 heterocycles. The first-order valence-electron chi connectivity index (χ1n) is 11.1. The molecule has 1 aliphatic carbocycles. The zero-order valence-corrected chi connectivity index (χ0v) is 17.6. The molecule has 1 saturated heterocycles. The predicted octanol–water partition coefficient (Wildman–Crippen LogP) is 3.84. The molecule has 1 saturated carbocycles. The van der Waals surface area contributed by atoms with Crippen LogP contribution in [-0.2, 0) is 11.2 Å². The predicted molar refractivity (Wildman–Crippen MR) is 121 cm³/mol. The Morgan fingerprint density at radius 2 is 1.77 bits per heavy atom. The Balaban J connectivity index is 1.13. The minimum Gasteiger partial charge on any atom is -0.355 e. The highest BCUT2D eigenvalue weighted by atomic mass is 16.2. The number of amides is 2. The third-order valence-electron chi connectivity index (χ3n) is 6.96. The van der Waals surface area contributed by atoms with Crippen molar-refractivity contribution in [1.82, 2.24) is 15.2 Å². The summed E-state index contributed by atoms with van der Waals surface area (Å²) >= 11 is 0. The van der Waals surface area contributed by atoms with Crippen LogP contribution in [0.5, 0.6) is 0 Å². The maximum Gasteiger partial charge on any atom is 0.253 e. The highest BCUT2D eigenvalue weighted by Crippen LogP contribution is 2.59. The normalized spacial score (nSPS) is 19.4. The zero-order valence-electron chi connectivity index (χ0n) is 17.6. The van der Waals surface area contributed by atoms with Crippen molar-refractivity contribution < 1.29 is 9.59 Å². The van der Waals surface area contributed by atoms with Gasteiger partial charge >= 0.3 is 0 Å². The molecule has 3 aromatic rings. The summed E-state index contributed by atoms with van der Waals surface area (Å²) in [5.74, 6) is 0.344. The van der Waals surface area contributed by atoms with Gasteiger partial charge in [0.2, 0.25) is 5.91 Å². The second-order valence-electron chi connectivity index (χ2n) is 8.84. The lowest BCUT2D eigenvalue weighted by Crippen LogP contribution is -2.40. The van der Waals surface area contributed by atoms with Gasteiger partial charge in [0.1, 0.15) is 0 Å². The van der Waals surface area contributed by atoms with E-state index in [1.54, 1.807) is 6.20 Å². The highest BCUT2D eigenvalue weighted by Gasteiger charge is 2.58. The molecule has 2 aromatic carbocycles. The summed E-state index contributed by atoms with van der Waals surface area (Å²) in [5.41, 5.74) is 1.83. The largest absolute Gasteiger partial charge is 0.355 e. The van der Waals surface area contributed by atoms with Crippen LogP contribution in [0.4, 0.5) is 0 Å². The van der Waals surface area contributed by atoms with Crippen molar-refractivity contribution in [2.45, 2.75) is 25.7 Å². The van der Waals surface area contributed by atoms with E-state index in [0.717, 1.165) is 60.8 Å². The Morgan fingerprint density at radius 1 is 1.00 bits per heavy atom. The summed E-state index contributed by atoms with van der Waals surface area (Å²) in [6.45, 7) is 2.07. The van der Waals surface area contributed by atoms with Gasteiger partial charge in [0.15, 0.2) is 0 Å². The van der Waals surface area contributed by atoms with E-state index in [0.29, 0.717) is 6.54 Å². The fourth-order valence-electron chi connectivity index (χ4n) is 4.91. The second-order valence-corrected chi connectivity index (χ2v) is 8.84. The van der Waals surface area contributed by atoms with Crippen molar-refractivity contribution >= 4 is 22.6 Å². The van der Waals surface area contributed by atoms with Crippen molar-refractivity contribution in [3.63, 3.8) is 0 Å². The SMILES string of the molecule is O=C(NCCc1ccccn1)C1CC12CCN(C(=O)c1ccc3ccccc3c1)CC2. The van der Waals surface area contributed by atoms with Gasteiger partial charge in [-0.05, 0) is 59.7 Å². The Morgan fingerprint density at radius 3 is 2.55 bits per heavy atom. The highest BCUT2D eigenvalue weighted by molar-refractivity contribution is 5.98. The van der Waals surface area contributed by atoms with Crippen molar-refractivity contribution in [3.05, 3.63) is 78.1 Å². The molecule has 0 radical (unpaired) electrons. The number of fused-ring (bicyclic) bond motifs is 1. The molecular formula is C26H27N3O2. The number of nitrogens with one attached hydrogen (secondary N) is 1. The van der Waals surface area contributed by atoms with Crippen molar-refractivity contribution in [2.75, 3.05) is 19.6 Å². The summed E-state index contributed by atoms with van der Waals surface area (Å²) in [6, 6.07) is 19.9. The number of rotatable bonds is 5. The van der Waals surface area contributed by atoms with E-state index in [1.165, 1.54) is 0 Å². The van der Waals surface area contributed by atoms with Crippen LogP contribution in [0.2, 0.25) is 0 Å². The topological polar surface area (TPSA) is 62.3 Å². The number of aromatic nitrogens is 1. The van der Waals surface area contributed by atoms with Gasteiger partial charge in [-0.25, -0.2) is 0 Å². The lowest BCUT2D eigenvalue weighted by molar-refractivity contribution is -0.123. The molecule has 5 heteroatoms. The first-order valence-corrected chi connectivity index (χ1v) is 11.1. The molecule has 1 aliphatic heterocycles. The van der Waals surface area contributed by atoms with E-state index in [-0.39, 0.29) is 23.1 Å². The molecule has 1 aromatic heterocycles. The fourth-order valence-corrected chi connectivity index (χ4v) is 4.91. The van der Waals surface area contributed by atoms with E-state index >= 15 is 0 Å². The van der Waals surface area contributed by atoms with Crippen LogP contribution in [0.15, 0.2) is 66.9 Å². The van der Waals surface area contributed by atoms with E-state index in [4.69, 9.17) is 0 Å². The van der Waals surface area contributed by atoms with Gasteiger partial charge in [-0.1, -0.05) is 36.4 Å². The molecule has 1 unspecified atom stereocenters. The molecule has 2 fully saturated rings. The molecule has 5 nitrogen and oxygen atoms in total. The summed E-state index contributed by atoms with van der Waals surface area (Å²) in [7, 11) is 0. The van der Waals surface area contributed by atoms with Gasteiger partial charge in [-0.3, -0.25) is 14.6 Å². The van der Waals surface area contributed by atoms with Gasteiger partial charge in [0.05, 0.1) is 0 Å². The number of carbonyl (C=O) groups is 2. The molecule has 5 rings (SSSR count). The molecule has 1 atom stereocenters. The molecule has 158 valence electrons. The van der Waals surface area contributed by atoms with Crippen LogP contribution in [0, 0.1) is 11.3 Å². The Kier molecular flexibility index (Phi) is 5.18. The minimum atomic E-state index is 0.0918. The number of likely N-dealkylation sites (tertiary alicyclic amines) is 1. The first kappa shape index (κ1) is 19.7. The van der Waals surface area contributed by atoms with Crippen LogP contribution in [-0.4, -0.2) is 41.3 Å². The van der Waals surface area contributed by atoms with Gasteiger partial charge in [-0.2, -0.15) is 0 Å². The lowest BCUT2D eigenvalue weighted by Gasteiger charge is -2.33.